The Morgan fingerprint density at radius 2 is 1.88 bits per heavy atom. The minimum Gasteiger partial charge on any atom is -0.380 e. The van der Waals surface area contributed by atoms with Crippen LogP contribution in [0.5, 0.6) is 0 Å². The monoisotopic (exact) mass is 233 g/mol. The molecule has 0 bridgehead atoms. The van der Waals surface area contributed by atoms with Gasteiger partial charge in [-0.25, -0.2) is 0 Å². The fraction of sp³-hybridized carbons (Fsp3) is 0.429. The Balaban J connectivity index is 0.000000514. The molecule has 1 atom stereocenters. The van der Waals surface area contributed by atoms with Gasteiger partial charge in [0.25, 0.3) is 0 Å². The van der Waals surface area contributed by atoms with Gasteiger partial charge in [0.05, 0.1) is 19.3 Å². The summed E-state index contributed by atoms with van der Waals surface area (Å²) in [5.74, 6) is 0. The molecule has 1 fully saturated rings. The summed E-state index contributed by atoms with van der Waals surface area (Å²) in [4.78, 5) is 0. The Morgan fingerprint density at radius 3 is 2.65 bits per heavy atom. The number of dihydropyridines is 1. The van der Waals surface area contributed by atoms with Gasteiger partial charge in [-0.05, 0) is 11.6 Å². The van der Waals surface area contributed by atoms with Crippen molar-refractivity contribution in [2.75, 3.05) is 13.2 Å². The van der Waals surface area contributed by atoms with Crippen LogP contribution in [-0.4, -0.2) is 25.5 Å². The van der Waals surface area contributed by atoms with Gasteiger partial charge in [-0.2, -0.15) is 0 Å². The Hall–Kier alpha value is -1.32. The van der Waals surface area contributed by atoms with E-state index in [0.717, 1.165) is 5.57 Å². The van der Waals surface area contributed by atoms with Gasteiger partial charge in [-0.3, -0.25) is 0 Å². The molecule has 0 amide bonds. The third kappa shape index (κ3) is 2.68. The summed E-state index contributed by atoms with van der Waals surface area (Å²) in [6.07, 6.45) is 12.3. The van der Waals surface area contributed by atoms with E-state index in [-0.39, 0.29) is 6.29 Å². The normalized spacial score (nSPS) is 26.4. The molecule has 1 N–H and O–H groups in total. The van der Waals surface area contributed by atoms with E-state index in [9.17, 15) is 0 Å². The van der Waals surface area contributed by atoms with Crippen molar-refractivity contribution in [3.8, 4) is 0 Å². The summed E-state index contributed by atoms with van der Waals surface area (Å²) < 4.78 is 10.9. The maximum absolute atomic E-state index is 5.45. The number of hydrogen-bond acceptors (Lipinski definition) is 3. The first-order chi connectivity index (χ1) is 8.43. The van der Waals surface area contributed by atoms with E-state index in [0.29, 0.717) is 19.3 Å². The summed E-state index contributed by atoms with van der Waals surface area (Å²) in [5, 5.41) is 3.32. The van der Waals surface area contributed by atoms with Crippen molar-refractivity contribution < 1.29 is 9.47 Å². The van der Waals surface area contributed by atoms with Crippen LogP contribution in [-0.2, 0) is 9.47 Å². The van der Waals surface area contributed by atoms with Gasteiger partial charge in [-0.15, -0.1) is 0 Å². The number of ether oxygens (including phenoxy) is 2. The second-order valence-corrected chi connectivity index (χ2v) is 3.75. The molecular formula is C14H19NO2. The minimum absolute atomic E-state index is 0.190. The predicted octanol–water partition coefficient (Wildman–Crippen LogP) is 2.29. The molecule has 3 heteroatoms. The highest BCUT2D eigenvalue weighted by atomic mass is 16.7. The zero-order chi connectivity index (χ0) is 12.1. The highest BCUT2D eigenvalue weighted by Gasteiger charge is 2.23. The van der Waals surface area contributed by atoms with Crippen molar-refractivity contribution in [2.24, 2.45) is 0 Å². The molecule has 0 radical (unpaired) electrons. The lowest BCUT2D eigenvalue weighted by Crippen LogP contribution is -2.30. The highest BCUT2D eigenvalue weighted by Crippen LogP contribution is 2.23. The maximum atomic E-state index is 5.45. The van der Waals surface area contributed by atoms with Crippen LogP contribution in [0, 0.1) is 0 Å². The van der Waals surface area contributed by atoms with Crippen molar-refractivity contribution in [3.63, 3.8) is 0 Å². The van der Waals surface area contributed by atoms with Gasteiger partial charge in [-0.1, -0.05) is 38.2 Å². The summed E-state index contributed by atoms with van der Waals surface area (Å²) >= 11 is 0. The fourth-order valence-electron chi connectivity index (χ4n) is 1.95. The minimum atomic E-state index is -0.190. The molecule has 0 spiro atoms. The van der Waals surface area contributed by atoms with Crippen LogP contribution >= 0.6 is 0 Å². The Labute approximate surface area is 102 Å². The predicted molar refractivity (Wildman–Crippen MR) is 68.4 cm³/mol. The van der Waals surface area contributed by atoms with Gasteiger partial charge >= 0.3 is 0 Å². The molecule has 0 aromatic heterocycles. The molecule has 2 aliphatic heterocycles. The number of hydrogen-bond donors (Lipinski definition) is 1. The third-order valence-electron chi connectivity index (χ3n) is 2.72. The topological polar surface area (TPSA) is 30.5 Å². The largest absolute Gasteiger partial charge is 0.380 e. The van der Waals surface area contributed by atoms with Crippen LogP contribution in [0.1, 0.15) is 13.8 Å². The van der Waals surface area contributed by atoms with E-state index in [1.54, 1.807) is 0 Å². The Kier molecular flexibility index (Phi) is 4.18. The molecule has 92 valence electrons. The average molecular weight is 233 g/mol. The first-order valence-electron chi connectivity index (χ1n) is 6.19. The quantitative estimate of drug-likeness (QED) is 0.753. The molecule has 3 nitrogen and oxygen atoms in total. The van der Waals surface area contributed by atoms with Crippen molar-refractivity contribution in [1.29, 1.82) is 0 Å². The van der Waals surface area contributed by atoms with E-state index >= 15 is 0 Å². The van der Waals surface area contributed by atoms with Gasteiger partial charge in [0, 0.05) is 11.8 Å². The van der Waals surface area contributed by atoms with Gasteiger partial charge in [0.2, 0.25) is 0 Å². The highest BCUT2D eigenvalue weighted by molar-refractivity contribution is 5.44. The van der Waals surface area contributed by atoms with Crippen molar-refractivity contribution in [1.82, 2.24) is 5.32 Å². The lowest BCUT2D eigenvalue weighted by molar-refractivity contribution is -0.00896. The number of allylic oxidation sites excluding steroid dienone is 2. The third-order valence-corrected chi connectivity index (χ3v) is 2.72. The van der Waals surface area contributed by atoms with Gasteiger partial charge < -0.3 is 14.8 Å². The van der Waals surface area contributed by atoms with Crippen LogP contribution in [0.3, 0.4) is 0 Å². The van der Waals surface area contributed by atoms with Gasteiger partial charge in [0.15, 0.2) is 6.29 Å². The van der Waals surface area contributed by atoms with E-state index in [2.05, 4.69) is 29.6 Å². The Morgan fingerprint density at radius 1 is 1.12 bits per heavy atom. The van der Waals surface area contributed by atoms with Crippen LogP contribution in [0.25, 0.3) is 0 Å². The second-order valence-electron chi connectivity index (χ2n) is 3.75. The zero-order valence-corrected chi connectivity index (χ0v) is 10.3. The first-order valence-corrected chi connectivity index (χ1v) is 6.19. The first kappa shape index (κ1) is 12.1. The summed E-state index contributed by atoms with van der Waals surface area (Å²) in [6, 6.07) is 0.306. The molecule has 1 saturated heterocycles. The van der Waals surface area contributed by atoms with E-state index in [4.69, 9.17) is 9.47 Å². The summed E-state index contributed by atoms with van der Waals surface area (Å²) in [7, 11) is 0. The van der Waals surface area contributed by atoms with E-state index < -0.39 is 0 Å². The van der Waals surface area contributed by atoms with Crippen LogP contribution < -0.4 is 5.32 Å². The molecule has 0 aromatic carbocycles. The molecule has 1 unspecified atom stereocenters. The summed E-state index contributed by atoms with van der Waals surface area (Å²) in [6.45, 7) is 5.37. The van der Waals surface area contributed by atoms with Gasteiger partial charge in [0.1, 0.15) is 0 Å². The van der Waals surface area contributed by atoms with Crippen molar-refractivity contribution in [3.05, 3.63) is 47.7 Å². The van der Waals surface area contributed by atoms with Crippen molar-refractivity contribution in [2.45, 2.75) is 26.2 Å². The zero-order valence-electron chi connectivity index (χ0n) is 10.3. The number of nitrogens with one attached hydrogen (secondary N) is 1. The van der Waals surface area contributed by atoms with Crippen LogP contribution in [0.4, 0.5) is 0 Å². The molecule has 17 heavy (non-hydrogen) atoms. The molecule has 3 aliphatic rings. The molecular weight excluding hydrogens is 214 g/mol. The molecule has 3 rings (SSSR count). The Bertz CT molecular complexity index is 374. The smallest absolute Gasteiger partial charge is 0.185 e. The lowest BCUT2D eigenvalue weighted by Gasteiger charge is -2.24. The second kappa shape index (κ2) is 5.84. The molecule has 0 aromatic rings. The van der Waals surface area contributed by atoms with Crippen molar-refractivity contribution >= 4 is 0 Å². The van der Waals surface area contributed by atoms with Crippen LogP contribution in [0.15, 0.2) is 47.7 Å². The number of rotatable bonds is 1. The van der Waals surface area contributed by atoms with E-state index in [1.165, 1.54) is 5.57 Å². The molecule has 2 heterocycles. The van der Waals surface area contributed by atoms with Crippen LogP contribution in [0.2, 0.25) is 0 Å². The molecule has 0 saturated carbocycles. The fourth-order valence-corrected chi connectivity index (χ4v) is 1.95. The van der Waals surface area contributed by atoms with E-state index in [1.807, 2.05) is 26.1 Å². The number of fused-ring (bicyclic) bond motifs is 1. The summed E-state index contributed by atoms with van der Waals surface area (Å²) in [5.41, 5.74) is 2.33. The average Bonchev–Trinajstić information content (AvgIpc) is 2.94. The lowest BCUT2D eigenvalue weighted by atomic mass is 9.97. The standard InChI is InChI=1S/C12H13NO2.C2H6/c1-2-4-11-9(3-1)7-10(8-13-11)12-14-5-6-15-12;1-2/h1-4,7-8,11-13H,5-6H2;1-2H3. The molecule has 1 aliphatic carbocycles. The SMILES string of the molecule is C1=CC2=CC(C3OCCO3)=CNC2C=C1.CC. The maximum Gasteiger partial charge on any atom is 0.185 e.